The molecule has 0 aromatic heterocycles. The van der Waals surface area contributed by atoms with Crippen LogP contribution < -0.4 is 24.6 Å². The van der Waals surface area contributed by atoms with Gasteiger partial charge < -0.3 is 24.6 Å². The fourth-order valence-electron chi connectivity index (χ4n) is 3.97. The molecular weight excluding hydrogens is 378 g/mol. The van der Waals surface area contributed by atoms with Crippen LogP contribution in [0.25, 0.3) is 0 Å². The van der Waals surface area contributed by atoms with Gasteiger partial charge in [0.05, 0.1) is 7.11 Å². The van der Waals surface area contributed by atoms with E-state index in [2.05, 4.69) is 18.3 Å². The maximum atomic E-state index is 12.7. The Morgan fingerprint density at radius 1 is 1.03 bits per heavy atom. The fraction of sp³-hybridized carbons (Fsp3) is 0.458. The van der Waals surface area contributed by atoms with Gasteiger partial charge >= 0.3 is 0 Å². The average molecular weight is 414 g/mol. The molecule has 2 aromatic rings. The summed E-state index contributed by atoms with van der Waals surface area (Å²) in [5.41, 5.74) is 3.23. The molecule has 3 N–H and O–H groups in total. The van der Waals surface area contributed by atoms with Crippen molar-refractivity contribution < 1.29 is 24.1 Å². The maximum Gasteiger partial charge on any atom is 0.282 e. The number of amides is 1. The zero-order valence-corrected chi connectivity index (χ0v) is 18.6. The molecule has 0 unspecified atom stereocenters. The number of carbonyl (C=O) groups is 1. The number of piperazine rings is 1. The lowest BCUT2D eigenvalue weighted by atomic mass is 10.1. The molecule has 0 aliphatic carbocycles. The smallest absolute Gasteiger partial charge is 0.282 e. The summed E-state index contributed by atoms with van der Waals surface area (Å²) >= 11 is 0. The molecule has 6 heteroatoms. The quantitative estimate of drug-likeness (QED) is 0.591. The molecule has 1 fully saturated rings. The monoisotopic (exact) mass is 413 g/mol. The molecule has 1 heterocycles. The molecule has 2 aromatic carbocycles. The first-order chi connectivity index (χ1) is 14.5. The minimum atomic E-state index is -0.0530. The van der Waals surface area contributed by atoms with Gasteiger partial charge in [0.1, 0.15) is 50.8 Å². The van der Waals surface area contributed by atoms with Crippen molar-refractivity contribution in [2.75, 3.05) is 51.8 Å². The standard InChI is InChI=1S/C24H33N3O3/c1-18-5-10-23(19(2)17-18)25-24(28)20(3)27-13-11-26(12-14-27)15-16-30-22-8-6-21(29-4)7-9-22/h5-10,17,20H,11-16H2,1-4H3,(H,25,28)/p+2/t20-/m0/s1. The summed E-state index contributed by atoms with van der Waals surface area (Å²) in [7, 11) is 1.66. The molecule has 30 heavy (non-hydrogen) atoms. The molecule has 6 nitrogen and oxygen atoms in total. The third-order valence-corrected chi connectivity index (χ3v) is 6.03. The Labute approximate surface area is 179 Å². The Morgan fingerprint density at radius 2 is 1.70 bits per heavy atom. The molecular formula is C24H35N3O3+2. The molecule has 162 valence electrons. The lowest BCUT2D eigenvalue weighted by molar-refractivity contribution is -1.02. The SMILES string of the molecule is COc1ccc(OCC[NH+]2CC[NH+]([C@@H](C)C(=O)Nc3ccc(C)cc3C)CC2)cc1. The summed E-state index contributed by atoms with van der Waals surface area (Å²) in [5.74, 6) is 1.81. The third kappa shape index (κ3) is 5.97. The number of aryl methyl sites for hydroxylation is 2. The number of rotatable bonds is 8. The average Bonchev–Trinajstić information content (AvgIpc) is 2.76. The van der Waals surface area contributed by atoms with Crippen LogP contribution in [0, 0.1) is 13.8 Å². The van der Waals surface area contributed by atoms with E-state index < -0.39 is 0 Å². The van der Waals surface area contributed by atoms with E-state index in [9.17, 15) is 4.79 Å². The first-order valence-electron chi connectivity index (χ1n) is 10.8. The minimum Gasteiger partial charge on any atom is -0.497 e. The van der Waals surface area contributed by atoms with Crippen LogP contribution in [-0.4, -0.2) is 58.4 Å². The van der Waals surface area contributed by atoms with Crippen molar-refractivity contribution in [1.29, 1.82) is 0 Å². The Hall–Kier alpha value is -2.57. The van der Waals surface area contributed by atoms with Gasteiger partial charge in [-0.05, 0) is 56.7 Å². The summed E-state index contributed by atoms with van der Waals surface area (Å²) in [6.07, 6.45) is 0. The van der Waals surface area contributed by atoms with Gasteiger partial charge in [-0.25, -0.2) is 0 Å². The van der Waals surface area contributed by atoms with Crippen molar-refractivity contribution in [1.82, 2.24) is 0 Å². The van der Waals surface area contributed by atoms with Crippen molar-refractivity contribution in [2.45, 2.75) is 26.8 Å². The lowest BCUT2D eigenvalue weighted by Crippen LogP contribution is -3.30. The number of ether oxygens (including phenoxy) is 2. The maximum absolute atomic E-state index is 12.7. The van der Waals surface area contributed by atoms with Crippen LogP contribution >= 0.6 is 0 Å². The van der Waals surface area contributed by atoms with Crippen LogP contribution in [0.4, 0.5) is 5.69 Å². The Kier molecular flexibility index (Phi) is 7.71. The van der Waals surface area contributed by atoms with Crippen LogP contribution in [0.1, 0.15) is 18.1 Å². The van der Waals surface area contributed by atoms with Crippen molar-refractivity contribution in [3.8, 4) is 11.5 Å². The predicted molar refractivity (Wildman–Crippen MR) is 119 cm³/mol. The van der Waals surface area contributed by atoms with E-state index in [0.717, 1.165) is 55.5 Å². The van der Waals surface area contributed by atoms with E-state index in [1.807, 2.05) is 50.2 Å². The van der Waals surface area contributed by atoms with Gasteiger partial charge in [-0.15, -0.1) is 0 Å². The van der Waals surface area contributed by atoms with Crippen LogP contribution in [0.2, 0.25) is 0 Å². The predicted octanol–water partition coefficient (Wildman–Crippen LogP) is 0.501. The number of methoxy groups -OCH3 is 1. The first kappa shape index (κ1) is 22.1. The zero-order chi connectivity index (χ0) is 21.5. The second-order valence-electron chi connectivity index (χ2n) is 8.21. The van der Waals surface area contributed by atoms with E-state index >= 15 is 0 Å². The molecule has 0 bridgehead atoms. The summed E-state index contributed by atoms with van der Waals surface area (Å²) in [6, 6.07) is 13.8. The highest BCUT2D eigenvalue weighted by Gasteiger charge is 2.31. The first-order valence-corrected chi connectivity index (χ1v) is 10.8. The van der Waals surface area contributed by atoms with Gasteiger partial charge in [0.15, 0.2) is 6.04 Å². The second kappa shape index (κ2) is 10.5. The highest BCUT2D eigenvalue weighted by molar-refractivity contribution is 5.94. The molecule has 1 amide bonds. The molecule has 0 radical (unpaired) electrons. The van der Waals surface area contributed by atoms with Gasteiger partial charge in [0, 0.05) is 5.69 Å². The Bertz CT molecular complexity index is 830. The van der Waals surface area contributed by atoms with Crippen molar-refractivity contribution in [3.63, 3.8) is 0 Å². The number of hydrogen-bond donors (Lipinski definition) is 3. The van der Waals surface area contributed by atoms with E-state index in [1.165, 1.54) is 15.4 Å². The van der Waals surface area contributed by atoms with Crippen molar-refractivity contribution in [3.05, 3.63) is 53.6 Å². The fourth-order valence-corrected chi connectivity index (χ4v) is 3.97. The van der Waals surface area contributed by atoms with Crippen LogP contribution in [0.3, 0.4) is 0 Å². The Morgan fingerprint density at radius 3 is 2.33 bits per heavy atom. The van der Waals surface area contributed by atoms with Crippen LogP contribution in [-0.2, 0) is 4.79 Å². The number of anilines is 1. The van der Waals surface area contributed by atoms with E-state index in [4.69, 9.17) is 9.47 Å². The highest BCUT2D eigenvalue weighted by Crippen LogP contribution is 2.17. The molecule has 1 aliphatic heterocycles. The highest BCUT2D eigenvalue weighted by atomic mass is 16.5. The largest absolute Gasteiger partial charge is 0.497 e. The zero-order valence-electron chi connectivity index (χ0n) is 18.6. The van der Waals surface area contributed by atoms with E-state index in [1.54, 1.807) is 7.11 Å². The molecule has 1 saturated heterocycles. The minimum absolute atomic E-state index is 0.0530. The summed E-state index contributed by atoms with van der Waals surface area (Å²) in [6.45, 7) is 11.9. The number of quaternary nitrogens is 2. The van der Waals surface area contributed by atoms with Gasteiger partial charge in [0.2, 0.25) is 0 Å². The molecule has 3 rings (SSSR count). The number of hydrogen-bond acceptors (Lipinski definition) is 3. The number of nitrogens with one attached hydrogen (secondary N) is 3. The van der Waals surface area contributed by atoms with Gasteiger partial charge in [-0.1, -0.05) is 17.7 Å². The molecule has 0 spiro atoms. The molecule has 1 atom stereocenters. The van der Waals surface area contributed by atoms with Crippen molar-refractivity contribution in [2.24, 2.45) is 0 Å². The second-order valence-corrected chi connectivity index (χ2v) is 8.21. The van der Waals surface area contributed by atoms with E-state index in [0.29, 0.717) is 6.61 Å². The normalized spacial score (nSPS) is 19.7. The van der Waals surface area contributed by atoms with Crippen LogP contribution in [0.15, 0.2) is 42.5 Å². The van der Waals surface area contributed by atoms with Crippen LogP contribution in [0.5, 0.6) is 11.5 Å². The topological polar surface area (TPSA) is 56.4 Å². The Balaban J connectivity index is 1.40. The summed E-state index contributed by atoms with van der Waals surface area (Å²) < 4.78 is 11.0. The molecule has 1 aliphatic rings. The third-order valence-electron chi connectivity index (χ3n) is 6.03. The summed E-state index contributed by atoms with van der Waals surface area (Å²) in [4.78, 5) is 15.6. The number of carbonyl (C=O) groups excluding carboxylic acids is 1. The van der Waals surface area contributed by atoms with Gasteiger partial charge in [-0.2, -0.15) is 0 Å². The molecule has 0 saturated carbocycles. The van der Waals surface area contributed by atoms with Gasteiger partial charge in [-0.3, -0.25) is 4.79 Å². The summed E-state index contributed by atoms with van der Waals surface area (Å²) in [5, 5.41) is 3.11. The lowest BCUT2D eigenvalue weighted by Gasteiger charge is -2.32. The van der Waals surface area contributed by atoms with E-state index in [-0.39, 0.29) is 11.9 Å². The van der Waals surface area contributed by atoms with Crippen molar-refractivity contribution >= 4 is 11.6 Å². The van der Waals surface area contributed by atoms with Gasteiger partial charge in [0.25, 0.3) is 5.91 Å². The number of benzene rings is 2.